The quantitative estimate of drug-likeness (QED) is 0.0243. The number of nitrogens with zero attached hydrogens (tertiary/aromatic N) is 1. The molecular formula is C82H160N2O6P+. The van der Waals surface area contributed by atoms with Crippen LogP contribution in [-0.2, 0) is 18.4 Å². The Morgan fingerprint density at radius 2 is 0.626 bits per heavy atom. The molecule has 0 spiro atoms. The molecule has 0 aromatic carbocycles. The maximum atomic E-state index is 13.1. The van der Waals surface area contributed by atoms with Crippen LogP contribution in [0.5, 0.6) is 0 Å². The number of carbonyl (C=O) groups is 1. The molecule has 0 aromatic rings. The van der Waals surface area contributed by atoms with Gasteiger partial charge in [0.05, 0.1) is 39.9 Å². The van der Waals surface area contributed by atoms with Crippen molar-refractivity contribution >= 4 is 13.7 Å². The lowest BCUT2D eigenvalue weighted by atomic mass is 10.0. The lowest BCUT2D eigenvalue weighted by molar-refractivity contribution is -0.870. The minimum absolute atomic E-state index is 0.0638. The largest absolute Gasteiger partial charge is 0.472 e. The number of phosphoric ester groups is 1. The van der Waals surface area contributed by atoms with Crippen molar-refractivity contribution in [3.8, 4) is 0 Å². The highest BCUT2D eigenvalue weighted by atomic mass is 31.2. The molecule has 0 aromatic heterocycles. The van der Waals surface area contributed by atoms with Gasteiger partial charge in [0.2, 0.25) is 5.91 Å². The first-order valence-corrected chi connectivity index (χ1v) is 42.0. The number of nitrogens with one attached hydrogen (secondary N) is 1. The summed E-state index contributed by atoms with van der Waals surface area (Å²) in [7, 11) is 1.59. The molecule has 3 unspecified atom stereocenters. The van der Waals surface area contributed by atoms with Crippen molar-refractivity contribution in [2.24, 2.45) is 0 Å². The number of amides is 1. The molecule has 0 aliphatic heterocycles. The van der Waals surface area contributed by atoms with Gasteiger partial charge in [-0.05, 0) is 57.8 Å². The predicted octanol–water partition coefficient (Wildman–Crippen LogP) is 26.5. The Hall–Kier alpha value is -1.54. The smallest absolute Gasteiger partial charge is 0.387 e. The molecule has 538 valence electrons. The van der Waals surface area contributed by atoms with Crippen molar-refractivity contribution in [2.45, 2.75) is 431 Å². The van der Waals surface area contributed by atoms with E-state index in [0.29, 0.717) is 17.4 Å². The minimum atomic E-state index is -4.36. The number of aliphatic hydroxyl groups is 1. The van der Waals surface area contributed by atoms with Gasteiger partial charge in [-0.2, -0.15) is 0 Å². The van der Waals surface area contributed by atoms with Gasteiger partial charge in [0, 0.05) is 6.42 Å². The van der Waals surface area contributed by atoms with Gasteiger partial charge in [-0.3, -0.25) is 13.8 Å². The summed E-state index contributed by atoms with van der Waals surface area (Å²) in [6.45, 7) is 4.87. The second-order valence-corrected chi connectivity index (χ2v) is 30.6. The number of hydrogen-bond acceptors (Lipinski definition) is 5. The third-order valence-electron chi connectivity index (χ3n) is 18.8. The molecule has 3 N–H and O–H groups in total. The summed E-state index contributed by atoms with van der Waals surface area (Å²) in [4.78, 5) is 23.5. The standard InChI is InChI=1S/C82H159N2O6P/c1-6-8-10-12-14-16-18-20-22-24-26-28-30-32-34-36-37-38-39-40-41-42-43-44-45-46-47-48-50-52-54-56-58-60-62-64-66-68-70-72-74-76-82(86)83-80(79-90-91(87,88)89-78-77-84(3,4)5)81(85)75-73-71-69-67-65-63-61-59-57-55-53-51-49-35-33-31-29-27-25-23-21-19-17-15-13-11-9-7-2/h18,20,24,26,30,32,73,75,80-81,85H,6-17,19,21-23,25,27-29,31,33-72,74,76-79H2,1-5H3,(H-,83,86,87,88)/p+1/b20-18-,26-24-,32-30-,75-73+. The third-order valence-corrected chi connectivity index (χ3v) is 19.8. The van der Waals surface area contributed by atoms with Crippen LogP contribution in [0.15, 0.2) is 48.6 Å². The van der Waals surface area contributed by atoms with Crippen LogP contribution >= 0.6 is 7.82 Å². The molecule has 0 aliphatic rings. The topological polar surface area (TPSA) is 105 Å². The highest BCUT2D eigenvalue weighted by molar-refractivity contribution is 7.47. The fourth-order valence-corrected chi connectivity index (χ4v) is 13.3. The Labute approximate surface area is 569 Å². The molecule has 0 rings (SSSR count). The first-order chi connectivity index (χ1) is 44.5. The number of allylic oxidation sites excluding steroid dienone is 7. The summed E-state index contributed by atoms with van der Waals surface area (Å²) in [5.41, 5.74) is 0. The van der Waals surface area contributed by atoms with Crippen LogP contribution in [0.3, 0.4) is 0 Å². The number of aliphatic hydroxyl groups excluding tert-OH is 1. The number of carbonyl (C=O) groups excluding carboxylic acids is 1. The summed E-state index contributed by atoms with van der Waals surface area (Å²) >= 11 is 0. The van der Waals surface area contributed by atoms with Crippen molar-refractivity contribution < 1.29 is 32.9 Å². The van der Waals surface area contributed by atoms with E-state index >= 15 is 0 Å². The summed E-state index contributed by atoms with van der Waals surface area (Å²) in [5.74, 6) is -0.168. The number of rotatable bonds is 76. The van der Waals surface area contributed by atoms with Gasteiger partial charge in [-0.25, -0.2) is 4.57 Å². The maximum Gasteiger partial charge on any atom is 0.472 e. The molecule has 91 heavy (non-hydrogen) atoms. The van der Waals surface area contributed by atoms with Gasteiger partial charge >= 0.3 is 7.82 Å². The number of phosphoric acid groups is 1. The van der Waals surface area contributed by atoms with Gasteiger partial charge in [0.1, 0.15) is 13.2 Å². The summed E-state index contributed by atoms with van der Waals surface area (Å²) < 4.78 is 23.9. The van der Waals surface area contributed by atoms with Crippen LogP contribution in [0.25, 0.3) is 0 Å². The molecule has 0 saturated carbocycles. The van der Waals surface area contributed by atoms with E-state index in [9.17, 15) is 19.4 Å². The average Bonchev–Trinajstić information content (AvgIpc) is 3.59. The van der Waals surface area contributed by atoms with Crippen LogP contribution in [0, 0.1) is 0 Å². The van der Waals surface area contributed by atoms with E-state index in [1.165, 1.54) is 353 Å². The molecule has 8 nitrogen and oxygen atoms in total. The highest BCUT2D eigenvalue weighted by Gasteiger charge is 2.28. The van der Waals surface area contributed by atoms with Crippen molar-refractivity contribution in [2.75, 3.05) is 40.9 Å². The van der Waals surface area contributed by atoms with Crippen molar-refractivity contribution in [3.05, 3.63) is 48.6 Å². The van der Waals surface area contributed by atoms with Gasteiger partial charge in [0.25, 0.3) is 0 Å². The fourth-order valence-electron chi connectivity index (χ4n) is 12.5. The van der Waals surface area contributed by atoms with Crippen LogP contribution in [0.1, 0.15) is 418 Å². The summed E-state index contributed by atoms with van der Waals surface area (Å²) in [6.07, 6.45) is 100. The van der Waals surface area contributed by atoms with Crippen LogP contribution in [0.2, 0.25) is 0 Å². The van der Waals surface area contributed by atoms with E-state index in [1.54, 1.807) is 6.08 Å². The average molecular weight is 1300 g/mol. The normalized spacial score (nSPS) is 13.7. The van der Waals surface area contributed by atoms with E-state index in [-0.39, 0.29) is 19.1 Å². The van der Waals surface area contributed by atoms with E-state index in [4.69, 9.17) is 9.05 Å². The molecule has 1 amide bonds. The summed E-state index contributed by atoms with van der Waals surface area (Å²) in [5, 5.41) is 14.1. The Morgan fingerprint density at radius 3 is 0.912 bits per heavy atom. The predicted molar refractivity (Wildman–Crippen MR) is 401 cm³/mol. The monoisotopic (exact) mass is 1300 g/mol. The molecule has 0 bridgehead atoms. The number of likely N-dealkylation sites (N-methyl/N-ethyl adjacent to an activating group) is 1. The Kier molecular flexibility index (Phi) is 71.5. The fraction of sp³-hybridized carbons (Fsp3) is 0.890. The van der Waals surface area contributed by atoms with Crippen molar-refractivity contribution in [3.63, 3.8) is 0 Å². The Morgan fingerprint density at radius 1 is 0.374 bits per heavy atom. The number of hydrogen-bond donors (Lipinski definition) is 3. The van der Waals surface area contributed by atoms with Crippen molar-refractivity contribution in [1.29, 1.82) is 0 Å². The summed E-state index contributed by atoms with van der Waals surface area (Å²) in [6, 6.07) is -0.847. The number of quaternary nitrogens is 1. The van der Waals surface area contributed by atoms with Crippen LogP contribution in [-0.4, -0.2) is 73.4 Å². The maximum absolute atomic E-state index is 13.1. The highest BCUT2D eigenvalue weighted by Crippen LogP contribution is 2.43. The number of unbranched alkanes of at least 4 members (excludes halogenated alkanes) is 57. The first kappa shape index (κ1) is 89.5. The molecule has 9 heteroatoms. The van der Waals surface area contributed by atoms with Crippen LogP contribution < -0.4 is 5.32 Å². The zero-order chi connectivity index (χ0) is 66.2. The van der Waals surface area contributed by atoms with E-state index < -0.39 is 20.0 Å². The van der Waals surface area contributed by atoms with E-state index in [0.717, 1.165) is 44.9 Å². The molecule has 0 heterocycles. The van der Waals surface area contributed by atoms with E-state index in [1.807, 2.05) is 27.2 Å². The first-order valence-electron chi connectivity index (χ1n) is 40.5. The zero-order valence-electron chi connectivity index (χ0n) is 61.9. The molecule has 0 fully saturated rings. The third kappa shape index (κ3) is 75.7. The van der Waals surface area contributed by atoms with E-state index in [2.05, 4.69) is 55.6 Å². The van der Waals surface area contributed by atoms with Crippen molar-refractivity contribution in [1.82, 2.24) is 5.32 Å². The molecule has 0 saturated heterocycles. The lowest BCUT2D eigenvalue weighted by Gasteiger charge is -2.25. The Balaban J connectivity index is 3.91. The van der Waals surface area contributed by atoms with Gasteiger partial charge < -0.3 is 19.8 Å². The SMILES string of the molecule is CCCCCCC/C=C\C/C=C\C/C=C\CCCCCCCCCCCCCCCCCCCCCCCCCCCCC(=O)NC(COP(=O)(O)OCC[N+](C)(C)C)C(O)/C=C/CCCCCCCCCCCCCCCCCCCCCCCCCCCC. The van der Waals surface area contributed by atoms with Gasteiger partial charge in [-0.1, -0.05) is 403 Å². The minimum Gasteiger partial charge on any atom is -0.387 e. The Bertz CT molecular complexity index is 1630. The zero-order valence-corrected chi connectivity index (χ0v) is 62.8. The molecule has 0 radical (unpaired) electrons. The lowest BCUT2D eigenvalue weighted by Crippen LogP contribution is -2.45. The molecule has 0 aliphatic carbocycles. The molecular weight excluding hydrogens is 1140 g/mol. The molecule has 3 atom stereocenters. The van der Waals surface area contributed by atoms with Crippen LogP contribution in [0.4, 0.5) is 0 Å². The second kappa shape index (κ2) is 72.7. The second-order valence-electron chi connectivity index (χ2n) is 29.2. The van der Waals surface area contributed by atoms with Gasteiger partial charge in [0.15, 0.2) is 0 Å². The van der Waals surface area contributed by atoms with Gasteiger partial charge in [-0.15, -0.1) is 0 Å².